The van der Waals surface area contributed by atoms with E-state index in [1.54, 1.807) is 0 Å². The van der Waals surface area contributed by atoms with Gasteiger partial charge in [0.25, 0.3) is 0 Å². The molecular weight excluding hydrogens is 236 g/mol. The number of hydrogen-bond donors (Lipinski definition) is 0. The second-order valence-corrected chi connectivity index (χ2v) is 5.21. The predicted molar refractivity (Wildman–Crippen MR) is 81.3 cm³/mol. The molecule has 2 nitrogen and oxygen atoms in total. The molecule has 0 saturated heterocycles. The molecule has 0 saturated carbocycles. The van der Waals surface area contributed by atoms with Crippen LogP contribution in [0.15, 0.2) is 12.2 Å². The Labute approximate surface area is 118 Å². The lowest BCUT2D eigenvalue weighted by atomic mass is 10.1. The van der Waals surface area contributed by atoms with E-state index in [0.29, 0.717) is 12.7 Å². The summed E-state index contributed by atoms with van der Waals surface area (Å²) in [5, 5.41) is 0. The van der Waals surface area contributed by atoms with Gasteiger partial charge in [0, 0.05) is 6.42 Å². The fraction of sp³-hybridized carbons (Fsp3) is 0.765. The number of ketones is 1. The lowest BCUT2D eigenvalue weighted by Crippen LogP contribution is -1.97. The minimum absolute atomic E-state index is 0.265. The summed E-state index contributed by atoms with van der Waals surface area (Å²) in [6.45, 7) is 2.25. The summed E-state index contributed by atoms with van der Waals surface area (Å²) in [6.07, 6.45) is 18.9. The van der Waals surface area contributed by atoms with Gasteiger partial charge in [-0.3, -0.25) is 9.59 Å². The zero-order valence-electron chi connectivity index (χ0n) is 12.5. The van der Waals surface area contributed by atoms with E-state index in [-0.39, 0.29) is 5.78 Å². The molecule has 0 amide bonds. The first-order chi connectivity index (χ1) is 9.31. The second-order valence-electron chi connectivity index (χ2n) is 5.21. The maximum Gasteiger partial charge on any atom is 0.195 e. The molecule has 19 heavy (non-hydrogen) atoms. The Balaban J connectivity index is 3.13. The highest BCUT2D eigenvalue weighted by Gasteiger charge is 1.97. The Kier molecular flexibility index (Phi) is 14.4. The third-order valence-electron chi connectivity index (χ3n) is 3.32. The monoisotopic (exact) mass is 266 g/mol. The van der Waals surface area contributed by atoms with Crippen LogP contribution in [0, 0.1) is 0 Å². The molecule has 0 rings (SSSR count). The Morgan fingerprint density at radius 1 is 0.789 bits per heavy atom. The Morgan fingerprint density at radius 2 is 1.32 bits per heavy atom. The maximum atomic E-state index is 10.7. The number of carbonyl (C=O) groups excluding carboxylic acids is 2. The molecule has 2 heteroatoms. The van der Waals surface area contributed by atoms with Gasteiger partial charge in [-0.2, -0.15) is 0 Å². The standard InChI is InChI=1S/C17H30O2/c1-2-3-4-5-6-7-8-9-10-11-12-13-14-15-17(19)16-18/h9-10,16H,2-8,11-15H2,1H3/b10-9-. The Hall–Kier alpha value is -0.920. The van der Waals surface area contributed by atoms with E-state index in [0.717, 1.165) is 25.7 Å². The van der Waals surface area contributed by atoms with Gasteiger partial charge in [0.05, 0.1) is 0 Å². The molecule has 0 atom stereocenters. The van der Waals surface area contributed by atoms with E-state index < -0.39 is 0 Å². The smallest absolute Gasteiger partial charge is 0.195 e. The third kappa shape index (κ3) is 15.0. The Bertz CT molecular complexity index is 244. The molecule has 0 aromatic rings. The molecule has 0 fully saturated rings. The second kappa shape index (κ2) is 15.1. The van der Waals surface area contributed by atoms with Gasteiger partial charge in [0.2, 0.25) is 0 Å². The third-order valence-corrected chi connectivity index (χ3v) is 3.32. The average Bonchev–Trinajstić information content (AvgIpc) is 2.43. The summed E-state index contributed by atoms with van der Waals surface area (Å²) < 4.78 is 0. The van der Waals surface area contributed by atoms with Crippen LogP contribution in [0.1, 0.15) is 84.0 Å². The summed E-state index contributed by atoms with van der Waals surface area (Å²) in [5.41, 5.74) is 0. The highest BCUT2D eigenvalue weighted by molar-refractivity contribution is 6.24. The molecule has 0 radical (unpaired) electrons. The average molecular weight is 266 g/mol. The van der Waals surface area contributed by atoms with E-state index in [4.69, 9.17) is 0 Å². The zero-order valence-corrected chi connectivity index (χ0v) is 12.5. The highest BCUT2D eigenvalue weighted by atomic mass is 16.2. The first kappa shape index (κ1) is 18.1. The van der Waals surface area contributed by atoms with Crippen molar-refractivity contribution in [3.63, 3.8) is 0 Å². The quantitative estimate of drug-likeness (QED) is 0.192. The Morgan fingerprint density at radius 3 is 1.89 bits per heavy atom. The molecule has 0 aromatic heterocycles. The highest BCUT2D eigenvalue weighted by Crippen LogP contribution is 2.08. The lowest BCUT2D eigenvalue weighted by Gasteiger charge is -1.98. The van der Waals surface area contributed by atoms with Crippen molar-refractivity contribution in [1.29, 1.82) is 0 Å². The van der Waals surface area contributed by atoms with Crippen molar-refractivity contribution in [2.75, 3.05) is 0 Å². The van der Waals surface area contributed by atoms with Crippen LogP contribution in [-0.2, 0) is 9.59 Å². The first-order valence-corrected chi connectivity index (χ1v) is 7.94. The summed E-state index contributed by atoms with van der Waals surface area (Å²) in [5.74, 6) is -0.265. The summed E-state index contributed by atoms with van der Waals surface area (Å²) in [4.78, 5) is 20.8. The van der Waals surface area contributed by atoms with Crippen molar-refractivity contribution < 1.29 is 9.59 Å². The van der Waals surface area contributed by atoms with Gasteiger partial charge < -0.3 is 0 Å². The van der Waals surface area contributed by atoms with Crippen molar-refractivity contribution in [3.05, 3.63) is 12.2 Å². The van der Waals surface area contributed by atoms with Crippen molar-refractivity contribution in [1.82, 2.24) is 0 Å². The van der Waals surface area contributed by atoms with Crippen molar-refractivity contribution in [2.24, 2.45) is 0 Å². The summed E-state index contributed by atoms with van der Waals surface area (Å²) in [6, 6.07) is 0. The lowest BCUT2D eigenvalue weighted by molar-refractivity contribution is -0.129. The van der Waals surface area contributed by atoms with Crippen LogP contribution in [0.4, 0.5) is 0 Å². The molecule has 0 aliphatic rings. The number of Topliss-reactive ketones (excluding diaryl/α,β-unsaturated/α-hetero) is 1. The van der Waals surface area contributed by atoms with Gasteiger partial charge in [-0.25, -0.2) is 0 Å². The van der Waals surface area contributed by atoms with Crippen LogP contribution in [0.2, 0.25) is 0 Å². The topological polar surface area (TPSA) is 34.1 Å². The fourth-order valence-corrected chi connectivity index (χ4v) is 2.08. The minimum Gasteiger partial charge on any atom is -0.295 e. The fourth-order valence-electron chi connectivity index (χ4n) is 2.08. The molecule has 0 aliphatic heterocycles. The van der Waals surface area contributed by atoms with Crippen LogP contribution in [0.5, 0.6) is 0 Å². The number of carbonyl (C=O) groups is 2. The molecule has 0 bridgehead atoms. The van der Waals surface area contributed by atoms with Gasteiger partial charge in [-0.1, -0.05) is 57.6 Å². The van der Waals surface area contributed by atoms with Crippen LogP contribution >= 0.6 is 0 Å². The van der Waals surface area contributed by atoms with E-state index in [9.17, 15) is 9.59 Å². The largest absolute Gasteiger partial charge is 0.295 e. The first-order valence-electron chi connectivity index (χ1n) is 7.94. The summed E-state index contributed by atoms with van der Waals surface area (Å²) in [7, 11) is 0. The number of rotatable bonds is 14. The zero-order chi connectivity index (χ0) is 14.2. The van der Waals surface area contributed by atoms with Crippen molar-refractivity contribution >= 4 is 12.1 Å². The minimum atomic E-state index is -0.265. The SMILES string of the molecule is CCCCCCCC/C=C\CCCCCC(=O)C=O. The van der Waals surface area contributed by atoms with E-state index >= 15 is 0 Å². The molecule has 110 valence electrons. The van der Waals surface area contributed by atoms with E-state index in [1.807, 2.05) is 0 Å². The number of aldehydes is 1. The molecule has 0 aliphatic carbocycles. The number of hydrogen-bond acceptors (Lipinski definition) is 2. The number of unbranched alkanes of at least 4 members (excludes halogenated alkanes) is 9. The van der Waals surface area contributed by atoms with E-state index in [2.05, 4.69) is 19.1 Å². The van der Waals surface area contributed by atoms with Gasteiger partial charge in [0.15, 0.2) is 12.1 Å². The normalized spacial score (nSPS) is 11.0. The van der Waals surface area contributed by atoms with Crippen molar-refractivity contribution in [2.45, 2.75) is 84.0 Å². The van der Waals surface area contributed by atoms with Gasteiger partial charge in [-0.15, -0.1) is 0 Å². The maximum absolute atomic E-state index is 10.7. The molecule has 0 heterocycles. The molecule has 0 unspecified atom stereocenters. The van der Waals surface area contributed by atoms with Gasteiger partial charge in [-0.05, 0) is 32.1 Å². The van der Waals surface area contributed by atoms with Crippen LogP contribution < -0.4 is 0 Å². The van der Waals surface area contributed by atoms with Crippen LogP contribution in [-0.4, -0.2) is 12.1 Å². The molecule has 0 spiro atoms. The van der Waals surface area contributed by atoms with Gasteiger partial charge in [0.1, 0.15) is 0 Å². The molecule has 0 aromatic carbocycles. The molecular formula is C17H30O2. The van der Waals surface area contributed by atoms with Crippen molar-refractivity contribution in [3.8, 4) is 0 Å². The van der Waals surface area contributed by atoms with Crippen LogP contribution in [0.25, 0.3) is 0 Å². The molecule has 0 N–H and O–H groups in total. The predicted octanol–water partition coefficient (Wildman–Crippen LogP) is 5.01. The van der Waals surface area contributed by atoms with Gasteiger partial charge >= 0.3 is 0 Å². The summed E-state index contributed by atoms with van der Waals surface area (Å²) >= 11 is 0. The van der Waals surface area contributed by atoms with E-state index in [1.165, 1.54) is 44.9 Å². The van der Waals surface area contributed by atoms with Crippen LogP contribution in [0.3, 0.4) is 0 Å². The number of allylic oxidation sites excluding steroid dienone is 2.